The van der Waals surface area contributed by atoms with Gasteiger partial charge in [-0.1, -0.05) is 0 Å². The minimum Gasteiger partial charge on any atom is -0.423 e. The van der Waals surface area contributed by atoms with Gasteiger partial charge in [0, 0.05) is 42.9 Å². The SMILES string of the molecule is OB(O)c1cc2c(c(C(F)(F)F)c1F)NNN2c1ccc(N2CC3(CCOCC3)C2)cc1. The highest BCUT2D eigenvalue weighted by Crippen LogP contribution is 2.45. The minimum absolute atomic E-state index is 0.0697. The summed E-state index contributed by atoms with van der Waals surface area (Å²) in [5, 5.41) is 20.1. The van der Waals surface area contributed by atoms with Crippen LogP contribution >= 0.6 is 0 Å². The molecule has 3 aliphatic heterocycles. The van der Waals surface area contributed by atoms with Gasteiger partial charge in [0.1, 0.15) is 11.4 Å². The molecule has 2 aromatic rings. The Labute approximate surface area is 181 Å². The zero-order valence-electron chi connectivity index (χ0n) is 16.9. The molecule has 4 N–H and O–H groups in total. The van der Waals surface area contributed by atoms with Gasteiger partial charge in [0.25, 0.3) is 0 Å². The van der Waals surface area contributed by atoms with Gasteiger partial charge in [-0.05, 0) is 43.2 Å². The van der Waals surface area contributed by atoms with Crippen LogP contribution in [0, 0.1) is 11.2 Å². The summed E-state index contributed by atoms with van der Waals surface area (Å²) in [5.41, 5.74) is 3.72. The summed E-state index contributed by atoms with van der Waals surface area (Å²) < 4.78 is 60.4. The molecule has 12 heteroatoms. The van der Waals surface area contributed by atoms with Crippen LogP contribution in [0.15, 0.2) is 30.3 Å². The van der Waals surface area contributed by atoms with Crippen molar-refractivity contribution < 1.29 is 32.3 Å². The number of hydrazine groups is 2. The number of halogens is 4. The number of nitrogens with one attached hydrogen (secondary N) is 2. The summed E-state index contributed by atoms with van der Waals surface area (Å²) in [6.07, 6.45) is -2.96. The van der Waals surface area contributed by atoms with Crippen molar-refractivity contribution in [2.45, 2.75) is 19.0 Å². The first-order chi connectivity index (χ1) is 15.2. The molecule has 5 rings (SSSR count). The molecule has 0 aromatic heterocycles. The largest absolute Gasteiger partial charge is 0.491 e. The molecule has 2 fully saturated rings. The molecule has 3 aliphatic rings. The van der Waals surface area contributed by atoms with Crippen molar-refractivity contribution >= 4 is 35.3 Å². The Kier molecular flexibility index (Phi) is 5.00. The Morgan fingerprint density at radius 1 is 1.03 bits per heavy atom. The van der Waals surface area contributed by atoms with E-state index in [1.807, 2.05) is 12.1 Å². The van der Waals surface area contributed by atoms with Crippen LogP contribution in [-0.4, -0.2) is 43.5 Å². The Morgan fingerprint density at radius 2 is 1.66 bits per heavy atom. The van der Waals surface area contributed by atoms with Crippen molar-refractivity contribution in [1.82, 2.24) is 5.53 Å². The predicted octanol–water partition coefficient (Wildman–Crippen LogP) is 2.12. The van der Waals surface area contributed by atoms with E-state index < -0.39 is 35.8 Å². The Hall–Kier alpha value is -2.54. The summed E-state index contributed by atoms with van der Waals surface area (Å²) in [6.45, 7) is 3.44. The van der Waals surface area contributed by atoms with E-state index in [1.54, 1.807) is 12.1 Å². The zero-order valence-corrected chi connectivity index (χ0v) is 16.9. The van der Waals surface area contributed by atoms with Gasteiger partial charge in [0.05, 0.1) is 17.1 Å². The van der Waals surface area contributed by atoms with E-state index in [4.69, 9.17) is 4.74 Å². The third-order valence-corrected chi connectivity index (χ3v) is 6.45. The molecule has 0 atom stereocenters. The average molecular weight is 452 g/mol. The molecular weight excluding hydrogens is 431 g/mol. The van der Waals surface area contributed by atoms with Crippen molar-refractivity contribution in [3.05, 3.63) is 41.7 Å². The van der Waals surface area contributed by atoms with Gasteiger partial charge in [0.2, 0.25) is 0 Å². The van der Waals surface area contributed by atoms with E-state index >= 15 is 0 Å². The lowest BCUT2D eigenvalue weighted by molar-refractivity contribution is -0.139. The zero-order chi connectivity index (χ0) is 22.7. The number of ether oxygens (including phenoxy) is 1. The highest BCUT2D eigenvalue weighted by Gasteiger charge is 2.45. The van der Waals surface area contributed by atoms with Gasteiger partial charge < -0.3 is 25.1 Å². The molecular formula is C20H21BF4N4O3. The van der Waals surface area contributed by atoms with Crippen LogP contribution in [0.1, 0.15) is 18.4 Å². The predicted molar refractivity (Wildman–Crippen MR) is 111 cm³/mol. The van der Waals surface area contributed by atoms with Gasteiger partial charge in [0.15, 0.2) is 0 Å². The number of rotatable bonds is 3. The van der Waals surface area contributed by atoms with E-state index in [2.05, 4.69) is 15.9 Å². The molecule has 32 heavy (non-hydrogen) atoms. The van der Waals surface area contributed by atoms with E-state index in [9.17, 15) is 27.6 Å². The highest BCUT2D eigenvalue weighted by atomic mass is 19.4. The second-order valence-electron chi connectivity index (χ2n) is 8.48. The Morgan fingerprint density at radius 3 is 2.25 bits per heavy atom. The number of benzene rings is 2. The van der Waals surface area contributed by atoms with Crippen LogP contribution in [0.4, 0.5) is 40.3 Å². The van der Waals surface area contributed by atoms with Crippen LogP contribution in [0.5, 0.6) is 0 Å². The van der Waals surface area contributed by atoms with Gasteiger partial charge in [-0.2, -0.15) is 13.2 Å². The first-order valence-electron chi connectivity index (χ1n) is 10.2. The fourth-order valence-electron chi connectivity index (χ4n) is 4.68. The normalized spacial score (nSPS) is 19.6. The molecule has 3 heterocycles. The van der Waals surface area contributed by atoms with Gasteiger partial charge in [-0.3, -0.25) is 5.01 Å². The Bertz CT molecular complexity index is 1020. The van der Waals surface area contributed by atoms with Crippen molar-refractivity contribution in [2.24, 2.45) is 5.41 Å². The summed E-state index contributed by atoms with van der Waals surface area (Å²) in [6, 6.07) is 8.20. The van der Waals surface area contributed by atoms with Gasteiger partial charge in [-0.25, -0.2) is 4.39 Å². The van der Waals surface area contributed by atoms with E-state index in [0.29, 0.717) is 11.1 Å². The first-order valence-corrected chi connectivity index (χ1v) is 10.2. The summed E-state index contributed by atoms with van der Waals surface area (Å²) in [4.78, 5) is 2.25. The topological polar surface area (TPSA) is 80.2 Å². The number of anilines is 4. The van der Waals surface area contributed by atoms with Crippen LogP contribution in [0.2, 0.25) is 0 Å². The lowest BCUT2D eigenvalue weighted by Gasteiger charge is -2.53. The maximum atomic E-state index is 14.4. The molecule has 0 radical (unpaired) electrons. The fourth-order valence-corrected chi connectivity index (χ4v) is 4.68. The second kappa shape index (κ2) is 7.51. The molecule has 0 bridgehead atoms. The molecule has 0 saturated carbocycles. The summed E-state index contributed by atoms with van der Waals surface area (Å²) in [5.74, 6) is -1.72. The fraction of sp³-hybridized carbons (Fsp3) is 0.400. The molecule has 0 amide bonds. The van der Waals surface area contributed by atoms with Crippen molar-refractivity contribution in [3.8, 4) is 0 Å². The van der Waals surface area contributed by atoms with E-state index in [-0.39, 0.29) is 5.69 Å². The molecule has 7 nitrogen and oxygen atoms in total. The van der Waals surface area contributed by atoms with E-state index in [1.165, 1.54) is 5.01 Å². The molecule has 1 spiro atoms. The number of hydrogen-bond acceptors (Lipinski definition) is 7. The molecule has 170 valence electrons. The molecule has 2 saturated heterocycles. The molecule has 2 aromatic carbocycles. The molecule has 0 aliphatic carbocycles. The van der Waals surface area contributed by atoms with Crippen LogP contribution < -0.4 is 26.3 Å². The maximum Gasteiger partial charge on any atom is 0.491 e. The first kappa shape index (κ1) is 21.3. The van der Waals surface area contributed by atoms with E-state index in [0.717, 1.165) is 50.9 Å². The monoisotopic (exact) mass is 452 g/mol. The number of fused-ring (bicyclic) bond motifs is 1. The van der Waals surface area contributed by atoms with Crippen molar-refractivity contribution in [2.75, 3.05) is 41.6 Å². The molecule has 0 unspecified atom stereocenters. The highest BCUT2D eigenvalue weighted by molar-refractivity contribution is 6.59. The number of alkyl halides is 3. The summed E-state index contributed by atoms with van der Waals surface area (Å²) in [7, 11) is -2.39. The third kappa shape index (κ3) is 3.47. The second-order valence-corrected chi connectivity index (χ2v) is 8.48. The number of hydrogen-bond donors (Lipinski definition) is 4. The van der Waals surface area contributed by atoms with Crippen LogP contribution in [0.3, 0.4) is 0 Å². The number of nitrogens with zero attached hydrogens (tertiary/aromatic N) is 2. The quantitative estimate of drug-likeness (QED) is 0.420. The standard InChI is InChI=1S/C20H21BF4N4O3/c22-17-14(21(30)31)9-15-18(16(17)20(23,24)25)26-27-29(15)13-3-1-12(2-4-13)28-10-19(11-28)5-7-32-8-6-19/h1-4,9,26-27,30-31H,5-8,10-11H2. The third-order valence-electron chi connectivity index (χ3n) is 6.45. The maximum absolute atomic E-state index is 14.4. The van der Waals surface area contributed by atoms with Crippen molar-refractivity contribution in [1.29, 1.82) is 0 Å². The lowest BCUT2D eigenvalue weighted by atomic mass is 9.73. The van der Waals surface area contributed by atoms with Gasteiger partial charge in [-0.15, -0.1) is 5.53 Å². The smallest absolute Gasteiger partial charge is 0.423 e. The minimum atomic E-state index is -5.04. The van der Waals surface area contributed by atoms with Crippen LogP contribution in [0.25, 0.3) is 0 Å². The lowest BCUT2D eigenvalue weighted by Crippen LogP contribution is -2.58. The average Bonchev–Trinajstić information content (AvgIpc) is 3.14. The van der Waals surface area contributed by atoms with Gasteiger partial charge >= 0.3 is 13.3 Å². The van der Waals surface area contributed by atoms with Crippen LogP contribution in [-0.2, 0) is 10.9 Å². The van der Waals surface area contributed by atoms with Crippen molar-refractivity contribution in [3.63, 3.8) is 0 Å². The Balaban J connectivity index is 1.41. The summed E-state index contributed by atoms with van der Waals surface area (Å²) >= 11 is 0.